The molecule has 1 heterocycles. The van der Waals surface area contributed by atoms with E-state index in [4.69, 9.17) is 4.74 Å². The van der Waals surface area contributed by atoms with Gasteiger partial charge in [-0.1, -0.05) is 36.0 Å². The molecular formula is C21H24N4O2S. The van der Waals surface area contributed by atoms with Gasteiger partial charge in [0.15, 0.2) is 11.0 Å². The zero-order valence-corrected chi connectivity index (χ0v) is 17.3. The predicted molar refractivity (Wildman–Crippen MR) is 113 cm³/mol. The van der Waals surface area contributed by atoms with Crippen molar-refractivity contribution in [3.63, 3.8) is 0 Å². The van der Waals surface area contributed by atoms with E-state index in [2.05, 4.69) is 15.5 Å². The molecule has 3 rings (SSSR count). The normalized spacial score (nSPS) is 10.7. The zero-order chi connectivity index (χ0) is 20.1. The summed E-state index contributed by atoms with van der Waals surface area (Å²) in [5, 5.41) is 12.3. The monoisotopic (exact) mass is 396 g/mol. The van der Waals surface area contributed by atoms with Crippen molar-refractivity contribution in [2.24, 2.45) is 0 Å². The Kier molecular flexibility index (Phi) is 6.36. The quantitative estimate of drug-likeness (QED) is 0.602. The summed E-state index contributed by atoms with van der Waals surface area (Å²) in [6, 6.07) is 13.7. The number of aryl methyl sites for hydroxylation is 2. The number of amides is 1. The molecule has 1 N–H and O–H groups in total. The van der Waals surface area contributed by atoms with Gasteiger partial charge >= 0.3 is 0 Å². The van der Waals surface area contributed by atoms with E-state index in [0.717, 1.165) is 39.1 Å². The van der Waals surface area contributed by atoms with E-state index in [0.29, 0.717) is 6.54 Å². The Hall–Kier alpha value is -2.80. The minimum Gasteiger partial charge on any atom is -0.497 e. The third-order valence-electron chi connectivity index (χ3n) is 4.36. The van der Waals surface area contributed by atoms with E-state index in [1.165, 1.54) is 11.8 Å². The van der Waals surface area contributed by atoms with Gasteiger partial charge in [-0.25, -0.2) is 0 Å². The number of carbonyl (C=O) groups excluding carboxylic acids is 1. The van der Waals surface area contributed by atoms with Gasteiger partial charge in [0.2, 0.25) is 5.91 Å². The van der Waals surface area contributed by atoms with Crippen molar-refractivity contribution >= 4 is 23.4 Å². The maximum atomic E-state index is 12.4. The fourth-order valence-corrected chi connectivity index (χ4v) is 3.65. The van der Waals surface area contributed by atoms with Crippen LogP contribution in [0, 0.1) is 13.8 Å². The van der Waals surface area contributed by atoms with Gasteiger partial charge in [-0.05, 0) is 50.1 Å². The van der Waals surface area contributed by atoms with Crippen molar-refractivity contribution in [3.8, 4) is 17.1 Å². The van der Waals surface area contributed by atoms with Crippen LogP contribution >= 0.6 is 11.8 Å². The topological polar surface area (TPSA) is 69.0 Å². The standard InChI is InChI=1S/C21H24N4O2S/c1-5-25-20(16-7-6-8-17(12-16)27-4)23-24-21(25)28-13-19(26)22-18-11-14(2)9-10-15(18)3/h6-12H,5,13H2,1-4H3,(H,22,26). The molecule has 0 radical (unpaired) electrons. The van der Waals surface area contributed by atoms with E-state index in [9.17, 15) is 4.79 Å². The van der Waals surface area contributed by atoms with Crippen molar-refractivity contribution in [2.75, 3.05) is 18.2 Å². The van der Waals surface area contributed by atoms with Gasteiger partial charge in [-0.2, -0.15) is 0 Å². The number of benzene rings is 2. The lowest BCUT2D eigenvalue weighted by Crippen LogP contribution is -2.15. The van der Waals surface area contributed by atoms with E-state index in [1.54, 1.807) is 7.11 Å². The van der Waals surface area contributed by atoms with Crippen LogP contribution in [0.2, 0.25) is 0 Å². The number of nitrogens with zero attached hydrogens (tertiary/aromatic N) is 3. The van der Waals surface area contributed by atoms with Crippen molar-refractivity contribution in [1.29, 1.82) is 0 Å². The third-order valence-corrected chi connectivity index (χ3v) is 5.33. The lowest BCUT2D eigenvalue weighted by atomic mass is 10.1. The highest BCUT2D eigenvalue weighted by Gasteiger charge is 2.15. The van der Waals surface area contributed by atoms with Crippen molar-refractivity contribution < 1.29 is 9.53 Å². The summed E-state index contributed by atoms with van der Waals surface area (Å²) in [5.41, 5.74) is 3.93. The molecular weight excluding hydrogens is 372 g/mol. The van der Waals surface area contributed by atoms with Crippen LogP contribution in [0.15, 0.2) is 47.6 Å². The number of nitrogens with one attached hydrogen (secondary N) is 1. The van der Waals surface area contributed by atoms with Gasteiger partial charge in [0.05, 0.1) is 12.9 Å². The highest BCUT2D eigenvalue weighted by Crippen LogP contribution is 2.26. The van der Waals surface area contributed by atoms with Crippen molar-refractivity contribution in [3.05, 3.63) is 53.6 Å². The molecule has 3 aromatic rings. The lowest BCUT2D eigenvalue weighted by Gasteiger charge is -2.10. The SMILES string of the molecule is CCn1c(SCC(=O)Nc2cc(C)ccc2C)nnc1-c1cccc(OC)c1. The van der Waals surface area contributed by atoms with E-state index in [1.807, 2.05) is 67.8 Å². The molecule has 0 bridgehead atoms. The van der Waals surface area contributed by atoms with Crippen LogP contribution in [0.4, 0.5) is 5.69 Å². The fraction of sp³-hybridized carbons (Fsp3) is 0.286. The van der Waals surface area contributed by atoms with E-state index in [-0.39, 0.29) is 11.7 Å². The first-order valence-corrected chi connectivity index (χ1v) is 10.1. The molecule has 6 nitrogen and oxygen atoms in total. The smallest absolute Gasteiger partial charge is 0.234 e. The summed E-state index contributed by atoms with van der Waals surface area (Å²) in [6.07, 6.45) is 0. The summed E-state index contributed by atoms with van der Waals surface area (Å²) in [6.45, 7) is 6.73. The average molecular weight is 397 g/mol. The number of carbonyl (C=O) groups is 1. The number of hydrogen-bond donors (Lipinski definition) is 1. The maximum Gasteiger partial charge on any atom is 0.234 e. The zero-order valence-electron chi connectivity index (χ0n) is 16.5. The summed E-state index contributed by atoms with van der Waals surface area (Å²) >= 11 is 1.38. The first-order valence-electron chi connectivity index (χ1n) is 9.09. The number of thioether (sulfide) groups is 1. The summed E-state index contributed by atoms with van der Waals surface area (Å²) in [7, 11) is 1.64. The largest absolute Gasteiger partial charge is 0.497 e. The van der Waals surface area contributed by atoms with Crippen LogP contribution in [0.3, 0.4) is 0 Å². The van der Waals surface area contributed by atoms with Gasteiger partial charge in [0.25, 0.3) is 0 Å². The first-order chi connectivity index (χ1) is 13.5. The second-order valence-corrected chi connectivity index (χ2v) is 7.38. The maximum absolute atomic E-state index is 12.4. The Bertz CT molecular complexity index is 984. The second kappa shape index (κ2) is 8.93. The van der Waals surface area contributed by atoms with Gasteiger partial charge in [0.1, 0.15) is 5.75 Å². The number of aromatic nitrogens is 3. The Morgan fingerprint density at radius 1 is 1.18 bits per heavy atom. The molecule has 0 aliphatic heterocycles. The van der Waals surface area contributed by atoms with Crippen LogP contribution < -0.4 is 10.1 Å². The Morgan fingerprint density at radius 2 is 2.00 bits per heavy atom. The molecule has 146 valence electrons. The molecule has 0 spiro atoms. The Labute approximate surface area is 169 Å². The number of methoxy groups -OCH3 is 1. The van der Waals surface area contributed by atoms with Crippen LogP contribution in [0.1, 0.15) is 18.1 Å². The fourth-order valence-electron chi connectivity index (χ4n) is 2.84. The molecule has 0 saturated carbocycles. The van der Waals surface area contributed by atoms with Crippen molar-refractivity contribution in [2.45, 2.75) is 32.5 Å². The van der Waals surface area contributed by atoms with Gasteiger partial charge in [0, 0.05) is 17.8 Å². The molecule has 0 saturated heterocycles. The van der Waals surface area contributed by atoms with Crippen molar-refractivity contribution in [1.82, 2.24) is 14.8 Å². The first kappa shape index (κ1) is 19.9. The van der Waals surface area contributed by atoms with E-state index >= 15 is 0 Å². The molecule has 1 aromatic heterocycles. The minimum absolute atomic E-state index is 0.0627. The summed E-state index contributed by atoms with van der Waals surface area (Å²) < 4.78 is 7.30. The highest BCUT2D eigenvalue weighted by atomic mass is 32.2. The molecule has 0 fully saturated rings. The molecule has 0 atom stereocenters. The molecule has 0 aliphatic carbocycles. The molecule has 28 heavy (non-hydrogen) atoms. The number of ether oxygens (including phenoxy) is 1. The molecule has 7 heteroatoms. The number of anilines is 1. The van der Waals surface area contributed by atoms with Gasteiger partial charge in [-0.15, -0.1) is 10.2 Å². The number of rotatable bonds is 7. The Morgan fingerprint density at radius 3 is 2.75 bits per heavy atom. The average Bonchev–Trinajstić information content (AvgIpc) is 3.12. The predicted octanol–water partition coefficient (Wildman–Crippen LogP) is 4.32. The second-order valence-electron chi connectivity index (χ2n) is 6.44. The van der Waals surface area contributed by atoms with Crippen LogP contribution in [0.25, 0.3) is 11.4 Å². The molecule has 0 aliphatic rings. The minimum atomic E-state index is -0.0627. The summed E-state index contributed by atoms with van der Waals surface area (Å²) in [4.78, 5) is 12.4. The summed E-state index contributed by atoms with van der Waals surface area (Å²) in [5.74, 6) is 1.74. The van der Waals surface area contributed by atoms with Gasteiger partial charge < -0.3 is 14.6 Å². The highest BCUT2D eigenvalue weighted by molar-refractivity contribution is 7.99. The molecule has 2 aromatic carbocycles. The van der Waals surface area contributed by atoms with Crippen LogP contribution in [-0.4, -0.2) is 33.5 Å². The number of hydrogen-bond acceptors (Lipinski definition) is 5. The van der Waals surface area contributed by atoms with Crippen LogP contribution in [-0.2, 0) is 11.3 Å². The molecule has 1 amide bonds. The molecule has 0 unspecified atom stereocenters. The Balaban J connectivity index is 1.71. The van der Waals surface area contributed by atoms with Crippen LogP contribution in [0.5, 0.6) is 5.75 Å². The third kappa shape index (κ3) is 4.54. The lowest BCUT2D eigenvalue weighted by molar-refractivity contribution is -0.113. The van der Waals surface area contributed by atoms with E-state index < -0.39 is 0 Å². The van der Waals surface area contributed by atoms with Gasteiger partial charge in [-0.3, -0.25) is 4.79 Å².